The van der Waals surface area contributed by atoms with E-state index in [1.165, 1.54) is 5.01 Å². The molecule has 0 spiro atoms. The quantitative estimate of drug-likeness (QED) is 0.869. The third-order valence-electron chi connectivity index (χ3n) is 4.53. The lowest BCUT2D eigenvalue weighted by Gasteiger charge is -2.20. The second-order valence-electron chi connectivity index (χ2n) is 6.16. The van der Waals surface area contributed by atoms with Crippen molar-refractivity contribution in [1.82, 2.24) is 10.3 Å². The van der Waals surface area contributed by atoms with Crippen LogP contribution in [0.25, 0.3) is 0 Å². The van der Waals surface area contributed by atoms with Gasteiger partial charge in [-0.3, -0.25) is 4.79 Å². The molecule has 1 aromatic carbocycles. The van der Waals surface area contributed by atoms with E-state index < -0.39 is 6.10 Å². The van der Waals surface area contributed by atoms with Crippen LogP contribution in [0, 0.1) is 0 Å². The summed E-state index contributed by atoms with van der Waals surface area (Å²) < 4.78 is 0. The number of hydrogen-bond acceptors (Lipinski definition) is 6. The fraction of sp³-hybridized carbons (Fsp3) is 0.389. The highest BCUT2D eigenvalue weighted by Gasteiger charge is 2.31. The molecule has 1 saturated heterocycles. The molecule has 24 heavy (non-hydrogen) atoms. The van der Waals surface area contributed by atoms with E-state index in [0.29, 0.717) is 17.9 Å². The number of thiazole rings is 1. The van der Waals surface area contributed by atoms with Crippen LogP contribution in [0.2, 0.25) is 0 Å². The van der Waals surface area contributed by atoms with Crippen LogP contribution in [-0.2, 0) is 4.84 Å². The van der Waals surface area contributed by atoms with Crippen molar-refractivity contribution in [3.05, 3.63) is 52.0 Å². The molecule has 1 aromatic heterocycles. The minimum atomic E-state index is -0.536. The Labute approximate surface area is 144 Å². The van der Waals surface area contributed by atoms with Crippen LogP contribution in [0.3, 0.4) is 0 Å². The van der Waals surface area contributed by atoms with Crippen LogP contribution in [0.4, 0.5) is 0 Å². The molecule has 1 atom stereocenters. The van der Waals surface area contributed by atoms with E-state index in [-0.39, 0.29) is 5.78 Å². The van der Waals surface area contributed by atoms with Gasteiger partial charge in [-0.2, -0.15) is 0 Å². The predicted octanol–water partition coefficient (Wildman–Crippen LogP) is 2.99. The standard InChI is InChI=1S/C18H19N3O2S/c22-17(12-4-2-1-3-5-12)16-10-14(21-23-16)15-11-24-18(20-15)13-6-8-19-9-7-13/h1-5,11,13,16,19H,6-10H2. The van der Waals surface area contributed by atoms with Crippen LogP contribution in [0.1, 0.15) is 46.2 Å². The summed E-state index contributed by atoms with van der Waals surface area (Å²) in [5.41, 5.74) is 2.30. The summed E-state index contributed by atoms with van der Waals surface area (Å²) in [6.45, 7) is 2.11. The number of carbonyl (C=O) groups is 1. The minimum Gasteiger partial charge on any atom is -0.383 e. The maximum atomic E-state index is 12.5. The van der Waals surface area contributed by atoms with Crippen molar-refractivity contribution in [2.45, 2.75) is 31.3 Å². The third kappa shape index (κ3) is 3.12. The lowest BCUT2D eigenvalue weighted by Crippen LogP contribution is -2.26. The Morgan fingerprint density at radius 3 is 2.79 bits per heavy atom. The molecule has 1 N–H and O–H groups in total. The topological polar surface area (TPSA) is 63.6 Å². The summed E-state index contributed by atoms with van der Waals surface area (Å²) in [6.07, 6.45) is 2.21. The fourth-order valence-corrected chi connectivity index (χ4v) is 4.13. The number of oxime groups is 1. The summed E-state index contributed by atoms with van der Waals surface area (Å²) in [7, 11) is 0. The summed E-state index contributed by atoms with van der Waals surface area (Å²) in [5.74, 6) is 0.512. The van der Waals surface area contributed by atoms with Gasteiger partial charge in [0.2, 0.25) is 5.78 Å². The number of aromatic nitrogens is 1. The van der Waals surface area contributed by atoms with Crippen LogP contribution in [0.5, 0.6) is 0 Å². The molecule has 2 aromatic rings. The zero-order valence-corrected chi connectivity index (χ0v) is 14.1. The van der Waals surface area contributed by atoms with E-state index in [4.69, 9.17) is 9.82 Å². The van der Waals surface area contributed by atoms with Gasteiger partial charge in [-0.15, -0.1) is 11.3 Å². The van der Waals surface area contributed by atoms with Crippen molar-refractivity contribution < 1.29 is 9.63 Å². The zero-order valence-electron chi connectivity index (χ0n) is 13.3. The van der Waals surface area contributed by atoms with E-state index in [1.54, 1.807) is 11.3 Å². The van der Waals surface area contributed by atoms with Crippen LogP contribution < -0.4 is 5.32 Å². The molecule has 1 unspecified atom stereocenters. The number of carbonyl (C=O) groups excluding carboxylic acids is 1. The highest BCUT2D eigenvalue weighted by molar-refractivity contribution is 7.10. The van der Waals surface area contributed by atoms with Crippen molar-refractivity contribution in [3.63, 3.8) is 0 Å². The average molecular weight is 341 g/mol. The molecule has 1 fully saturated rings. The molecule has 6 heteroatoms. The van der Waals surface area contributed by atoms with Gasteiger partial charge in [-0.05, 0) is 25.9 Å². The van der Waals surface area contributed by atoms with E-state index >= 15 is 0 Å². The van der Waals surface area contributed by atoms with E-state index in [0.717, 1.165) is 37.3 Å². The van der Waals surface area contributed by atoms with Crippen molar-refractivity contribution in [3.8, 4) is 0 Å². The van der Waals surface area contributed by atoms with Crippen molar-refractivity contribution in [2.75, 3.05) is 13.1 Å². The van der Waals surface area contributed by atoms with E-state index in [9.17, 15) is 4.79 Å². The summed E-state index contributed by atoms with van der Waals surface area (Å²) in [4.78, 5) is 22.6. The lowest BCUT2D eigenvalue weighted by atomic mass is 9.99. The highest BCUT2D eigenvalue weighted by atomic mass is 32.1. The van der Waals surface area contributed by atoms with Crippen molar-refractivity contribution >= 4 is 22.8 Å². The molecule has 4 rings (SSSR count). The summed E-state index contributed by atoms with van der Waals surface area (Å²) in [6, 6.07) is 9.22. The van der Waals surface area contributed by atoms with E-state index in [1.807, 2.05) is 35.7 Å². The first kappa shape index (κ1) is 15.5. The number of nitrogens with zero attached hydrogens (tertiary/aromatic N) is 2. The molecule has 0 radical (unpaired) electrons. The third-order valence-corrected chi connectivity index (χ3v) is 5.53. The number of ketones is 1. The smallest absolute Gasteiger partial charge is 0.206 e. The first-order valence-electron chi connectivity index (χ1n) is 8.30. The Balaban J connectivity index is 1.43. The number of hydrogen-bond donors (Lipinski definition) is 1. The summed E-state index contributed by atoms with van der Waals surface area (Å²) >= 11 is 1.69. The molecule has 5 nitrogen and oxygen atoms in total. The summed E-state index contributed by atoms with van der Waals surface area (Å²) in [5, 5.41) is 10.7. The fourth-order valence-electron chi connectivity index (χ4n) is 3.13. The van der Waals surface area contributed by atoms with Crippen molar-refractivity contribution in [1.29, 1.82) is 0 Å². The first-order valence-corrected chi connectivity index (χ1v) is 9.17. The Hall–Kier alpha value is -2.05. The molecule has 0 bridgehead atoms. The van der Waals surface area contributed by atoms with Gasteiger partial charge in [0.15, 0.2) is 6.10 Å². The minimum absolute atomic E-state index is 0.0249. The first-order chi connectivity index (χ1) is 11.8. The Morgan fingerprint density at radius 2 is 2.00 bits per heavy atom. The highest BCUT2D eigenvalue weighted by Crippen LogP contribution is 2.29. The largest absolute Gasteiger partial charge is 0.383 e. The lowest BCUT2D eigenvalue weighted by molar-refractivity contribution is 0.0556. The number of Topliss-reactive ketones (excluding diaryl/α,β-unsaturated/α-hetero) is 1. The number of benzene rings is 1. The molecule has 0 aliphatic carbocycles. The monoisotopic (exact) mass is 341 g/mol. The average Bonchev–Trinajstić information content (AvgIpc) is 3.32. The van der Waals surface area contributed by atoms with Gasteiger partial charge in [0, 0.05) is 23.3 Å². The van der Waals surface area contributed by atoms with Gasteiger partial charge in [-0.25, -0.2) is 4.98 Å². The Morgan fingerprint density at radius 1 is 1.21 bits per heavy atom. The van der Waals surface area contributed by atoms with Crippen LogP contribution in [0.15, 0.2) is 40.9 Å². The van der Waals surface area contributed by atoms with Crippen LogP contribution >= 0.6 is 11.3 Å². The molecule has 0 amide bonds. The normalized spacial score (nSPS) is 21.3. The number of nitrogens with one attached hydrogen (secondary N) is 1. The molecule has 2 aliphatic heterocycles. The molecule has 3 heterocycles. The predicted molar refractivity (Wildman–Crippen MR) is 93.8 cm³/mol. The van der Waals surface area contributed by atoms with Gasteiger partial charge in [0.25, 0.3) is 0 Å². The molecule has 124 valence electrons. The second kappa shape index (κ2) is 6.83. The molecule has 0 saturated carbocycles. The number of piperidine rings is 1. The van der Waals surface area contributed by atoms with Gasteiger partial charge >= 0.3 is 0 Å². The maximum Gasteiger partial charge on any atom is 0.206 e. The molecular formula is C18H19N3O2S. The van der Waals surface area contributed by atoms with Gasteiger partial charge in [0.05, 0.1) is 10.7 Å². The molecular weight excluding hydrogens is 322 g/mol. The van der Waals surface area contributed by atoms with Gasteiger partial charge in [-0.1, -0.05) is 35.5 Å². The van der Waals surface area contributed by atoms with Gasteiger partial charge < -0.3 is 10.2 Å². The maximum absolute atomic E-state index is 12.5. The van der Waals surface area contributed by atoms with Crippen LogP contribution in [-0.4, -0.2) is 35.7 Å². The SMILES string of the molecule is O=C(c1ccccc1)C1CC(c2csc(C3CCNCC3)n2)=NO1. The Bertz CT molecular complexity index is 751. The van der Waals surface area contributed by atoms with E-state index in [2.05, 4.69) is 10.5 Å². The second-order valence-corrected chi connectivity index (χ2v) is 7.05. The van der Waals surface area contributed by atoms with Gasteiger partial charge in [0.1, 0.15) is 5.71 Å². The zero-order chi connectivity index (χ0) is 16.4. The van der Waals surface area contributed by atoms with Crippen molar-refractivity contribution in [2.24, 2.45) is 5.16 Å². The Kier molecular flexibility index (Phi) is 4.40. The number of rotatable bonds is 4. The molecule has 2 aliphatic rings.